The van der Waals surface area contributed by atoms with Crippen molar-refractivity contribution >= 4 is 38.9 Å². The first kappa shape index (κ1) is 19.7. The summed E-state index contributed by atoms with van der Waals surface area (Å²) in [5.41, 5.74) is 1.57. The molecule has 3 rings (SSSR count). The quantitative estimate of drug-likeness (QED) is 0.406. The topological polar surface area (TPSA) is 105 Å². The summed E-state index contributed by atoms with van der Waals surface area (Å²) >= 11 is 2.86. The van der Waals surface area contributed by atoms with Crippen LogP contribution < -0.4 is 4.72 Å². The zero-order chi connectivity index (χ0) is 19.3. The summed E-state index contributed by atoms with van der Waals surface area (Å²) in [5.74, 6) is 0.937. The smallest absolute Gasteiger partial charge is 0.209 e. The Hall–Kier alpha value is -2.01. The average molecular weight is 423 g/mol. The second kappa shape index (κ2) is 8.79. The largest absolute Gasteiger partial charge is 0.293 e. The van der Waals surface area contributed by atoms with Crippen molar-refractivity contribution in [1.29, 1.82) is 0 Å². The number of thiophene rings is 1. The minimum atomic E-state index is -3.18. The molecule has 0 spiro atoms. The lowest BCUT2D eigenvalue weighted by Crippen LogP contribution is -2.24. The van der Waals surface area contributed by atoms with Gasteiger partial charge in [0.05, 0.1) is 16.9 Å². The van der Waals surface area contributed by atoms with Gasteiger partial charge in [-0.1, -0.05) is 42.1 Å². The molecule has 0 bridgehead atoms. The zero-order valence-electron chi connectivity index (χ0n) is 14.5. The van der Waals surface area contributed by atoms with Crippen LogP contribution in [0.25, 0.3) is 10.7 Å². The van der Waals surface area contributed by atoms with Crippen LogP contribution in [-0.2, 0) is 16.4 Å². The van der Waals surface area contributed by atoms with Gasteiger partial charge in [-0.15, -0.1) is 16.4 Å². The number of carbonyl (C=O) groups is 1. The van der Waals surface area contributed by atoms with E-state index in [0.717, 1.165) is 16.7 Å². The van der Waals surface area contributed by atoms with Crippen molar-refractivity contribution in [1.82, 2.24) is 19.9 Å². The molecule has 10 heteroatoms. The molecule has 142 valence electrons. The first-order chi connectivity index (χ1) is 12.9. The monoisotopic (exact) mass is 422 g/mol. The number of carbonyl (C=O) groups excluding carboxylic acids is 1. The maximum Gasteiger partial charge on any atom is 0.209 e. The van der Waals surface area contributed by atoms with Gasteiger partial charge in [-0.25, -0.2) is 18.1 Å². The minimum Gasteiger partial charge on any atom is -0.293 e. The summed E-state index contributed by atoms with van der Waals surface area (Å²) in [6, 6.07) is 11.1. The molecular formula is C17H18N4O3S3. The molecule has 0 aliphatic heterocycles. The highest BCUT2D eigenvalue weighted by molar-refractivity contribution is 7.99. The fourth-order valence-corrected chi connectivity index (χ4v) is 4.12. The molecule has 27 heavy (non-hydrogen) atoms. The lowest BCUT2D eigenvalue weighted by Gasteiger charge is -2.04. The second-order valence-corrected chi connectivity index (χ2v) is 9.49. The van der Waals surface area contributed by atoms with Gasteiger partial charge in [-0.2, -0.15) is 0 Å². The molecule has 0 atom stereocenters. The fourth-order valence-electron chi connectivity index (χ4n) is 2.29. The Morgan fingerprint density at radius 1 is 1.26 bits per heavy atom. The van der Waals surface area contributed by atoms with Crippen LogP contribution in [0.3, 0.4) is 0 Å². The van der Waals surface area contributed by atoms with E-state index in [1.807, 2.05) is 29.6 Å². The highest BCUT2D eigenvalue weighted by Crippen LogP contribution is 2.23. The van der Waals surface area contributed by atoms with Crippen LogP contribution >= 0.6 is 23.1 Å². The Balaban J connectivity index is 1.51. The number of sulfonamides is 1. The Labute approximate surface area is 165 Å². The molecule has 0 amide bonds. The van der Waals surface area contributed by atoms with Gasteiger partial charge in [-0.05, 0) is 23.4 Å². The number of aromatic nitrogens is 3. The van der Waals surface area contributed by atoms with Crippen LogP contribution in [0.4, 0.5) is 0 Å². The maximum absolute atomic E-state index is 12.3. The van der Waals surface area contributed by atoms with Gasteiger partial charge >= 0.3 is 0 Å². The van der Waals surface area contributed by atoms with Crippen LogP contribution in [0.1, 0.15) is 15.9 Å². The van der Waals surface area contributed by atoms with Crippen molar-refractivity contribution in [2.24, 2.45) is 0 Å². The zero-order valence-corrected chi connectivity index (χ0v) is 17.0. The van der Waals surface area contributed by atoms with Gasteiger partial charge in [-0.3, -0.25) is 9.89 Å². The van der Waals surface area contributed by atoms with Crippen molar-refractivity contribution in [2.75, 3.05) is 18.6 Å². The number of aromatic amines is 1. The molecule has 0 aliphatic carbocycles. The van der Waals surface area contributed by atoms with Crippen LogP contribution in [-0.4, -0.2) is 47.9 Å². The number of benzene rings is 1. The van der Waals surface area contributed by atoms with Gasteiger partial charge in [0.25, 0.3) is 0 Å². The molecule has 7 nitrogen and oxygen atoms in total. The summed E-state index contributed by atoms with van der Waals surface area (Å²) in [4.78, 5) is 17.7. The lowest BCUT2D eigenvalue weighted by molar-refractivity contribution is 0.102. The molecule has 0 radical (unpaired) electrons. The van der Waals surface area contributed by atoms with Crippen molar-refractivity contribution in [3.05, 3.63) is 52.9 Å². The number of ketones is 1. The number of nitrogens with one attached hydrogen (secondary N) is 2. The number of nitrogens with zero attached hydrogens (tertiary/aromatic N) is 2. The number of thioether (sulfide) groups is 1. The van der Waals surface area contributed by atoms with E-state index in [9.17, 15) is 13.2 Å². The molecule has 0 aliphatic rings. The van der Waals surface area contributed by atoms with Gasteiger partial charge in [0.1, 0.15) is 0 Å². The first-order valence-corrected chi connectivity index (χ1v) is 11.8. The molecule has 0 saturated carbocycles. The second-order valence-electron chi connectivity index (χ2n) is 5.77. The minimum absolute atomic E-state index is 0.0108. The first-order valence-electron chi connectivity index (χ1n) is 8.06. The van der Waals surface area contributed by atoms with Crippen molar-refractivity contribution < 1.29 is 13.2 Å². The van der Waals surface area contributed by atoms with Crippen LogP contribution in [0.5, 0.6) is 0 Å². The summed E-state index contributed by atoms with van der Waals surface area (Å²) in [6.45, 7) is 0.333. The molecule has 2 aromatic heterocycles. The van der Waals surface area contributed by atoms with E-state index >= 15 is 0 Å². The van der Waals surface area contributed by atoms with E-state index in [4.69, 9.17) is 0 Å². The van der Waals surface area contributed by atoms with E-state index in [1.54, 1.807) is 23.5 Å². The maximum atomic E-state index is 12.3. The highest BCUT2D eigenvalue weighted by atomic mass is 32.2. The van der Waals surface area contributed by atoms with E-state index < -0.39 is 10.0 Å². The lowest BCUT2D eigenvalue weighted by atomic mass is 10.1. The molecule has 0 fully saturated rings. The van der Waals surface area contributed by atoms with E-state index in [-0.39, 0.29) is 11.5 Å². The number of hydrogen-bond donors (Lipinski definition) is 2. The van der Waals surface area contributed by atoms with E-state index in [0.29, 0.717) is 29.5 Å². The average Bonchev–Trinajstić information content (AvgIpc) is 3.30. The molecule has 2 heterocycles. The standard InChI is InChI=1S/C17H18N4O3S3/c1-27(23,24)18-9-8-12-4-6-13(7-5-12)14(22)11-26-17-19-16(20-21-17)15-3-2-10-25-15/h2-7,10,18H,8-9,11H2,1H3,(H,19,20,21). The summed E-state index contributed by atoms with van der Waals surface area (Å²) in [6.07, 6.45) is 1.70. The third-order valence-corrected chi connectivity index (χ3v) is 6.06. The van der Waals surface area contributed by atoms with Crippen molar-refractivity contribution in [2.45, 2.75) is 11.6 Å². The van der Waals surface area contributed by atoms with E-state index in [1.165, 1.54) is 11.8 Å². The van der Waals surface area contributed by atoms with E-state index in [2.05, 4.69) is 19.9 Å². The summed E-state index contributed by atoms with van der Waals surface area (Å²) in [7, 11) is -3.18. The molecule has 0 unspecified atom stereocenters. The summed E-state index contributed by atoms with van der Waals surface area (Å²) in [5, 5.41) is 9.51. The Bertz CT molecular complexity index is 996. The van der Waals surface area contributed by atoms with Crippen LogP contribution in [0.2, 0.25) is 0 Å². The third-order valence-electron chi connectivity index (χ3n) is 3.61. The van der Waals surface area contributed by atoms with Crippen molar-refractivity contribution in [3.8, 4) is 10.7 Å². The number of hydrogen-bond acceptors (Lipinski definition) is 7. The normalized spacial score (nSPS) is 11.6. The molecular weight excluding hydrogens is 404 g/mol. The fraction of sp³-hybridized carbons (Fsp3) is 0.235. The Morgan fingerprint density at radius 2 is 2.04 bits per heavy atom. The van der Waals surface area contributed by atoms with Crippen LogP contribution in [0, 0.1) is 0 Å². The van der Waals surface area contributed by atoms with Gasteiger partial charge < -0.3 is 0 Å². The Morgan fingerprint density at radius 3 is 2.70 bits per heavy atom. The van der Waals surface area contributed by atoms with Crippen LogP contribution in [0.15, 0.2) is 46.9 Å². The summed E-state index contributed by atoms with van der Waals surface area (Å²) < 4.78 is 24.5. The Kier molecular flexibility index (Phi) is 6.42. The molecule has 1 aromatic carbocycles. The number of H-pyrrole nitrogens is 1. The predicted octanol–water partition coefficient (Wildman–Crippen LogP) is 2.60. The van der Waals surface area contributed by atoms with Gasteiger partial charge in [0, 0.05) is 12.1 Å². The molecule has 2 N–H and O–H groups in total. The molecule has 3 aromatic rings. The molecule has 0 saturated heterocycles. The van der Waals surface area contributed by atoms with Gasteiger partial charge in [0.2, 0.25) is 15.2 Å². The number of Topliss-reactive ketones (excluding diaryl/α,β-unsaturated/α-hetero) is 1. The predicted molar refractivity (Wildman–Crippen MR) is 108 cm³/mol. The SMILES string of the molecule is CS(=O)(=O)NCCc1ccc(C(=O)CSc2n[nH]c(-c3cccs3)n2)cc1. The third kappa shape index (κ3) is 5.99. The highest BCUT2D eigenvalue weighted by Gasteiger charge is 2.11. The van der Waals surface area contributed by atoms with Crippen molar-refractivity contribution in [3.63, 3.8) is 0 Å². The van der Waals surface area contributed by atoms with Gasteiger partial charge in [0.15, 0.2) is 11.6 Å². The number of rotatable bonds is 9.